The van der Waals surface area contributed by atoms with Gasteiger partial charge in [0.05, 0.1) is 41.1 Å². The molecule has 6 aromatic heterocycles. The minimum absolute atomic E-state index is 0. The van der Waals surface area contributed by atoms with Crippen molar-refractivity contribution >= 4 is 122 Å². The third-order valence-corrected chi connectivity index (χ3v) is 24.6. The largest absolute Gasteiger partial charge is 0.495 e. The zero-order valence-electron chi connectivity index (χ0n) is 53.0. The van der Waals surface area contributed by atoms with Crippen LogP contribution in [0.2, 0.25) is 0 Å². The molecule has 0 amide bonds. The number of nitrogens with one attached hydrogen (secondary N) is 6. The molecule has 0 saturated carbocycles. The van der Waals surface area contributed by atoms with Crippen molar-refractivity contribution in [1.82, 2.24) is 37.4 Å². The third-order valence-electron chi connectivity index (χ3n) is 14.2. The number of sulfonamides is 2. The summed E-state index contributed by atoms with van der Waals surface area (Å²) in [5, 5.41) is 24.0. The van der Waals surface area contributed by atoms with Crippen molar-refractivity contribution in [2.24, 2.45) is 0 Å². The van der Waals surface area contributed by atoms with E-state index in [-0.39, 0.29) is 37.0 Å². The van der Waals surface area contributed by atoms with Crippen molar-refractivity contribution in [2.75, 3.05) is 83.5 Å². The molecular formula is C67H91N11O10S9. The second kappa shape index (κ2) is 39.2. The molecule has 0 bridgehead atoms. The summed E-state index contributed by atoms with van der Waals surface area (Å²) in [5.74, 6) is 0.681. The number of aryl methyl sites for hydroxylation is 2. The molecule has 0 aliphatic heterocycles. The standard InChI is InChI=1S/C26H30N4O5S3.C24H27N3O3S3.C14H22N4O2S3.3CH4/c1-20-11-12-24(35-2)25(17-20)37(31,32)28-15-8-4-7-14-27-26-29-23(19-36-26)21-13-16-30(18-21)38(33,34)22-9-5-3-6-10-22;1-17-10-11-20(30-2)23(14-17)33(28,29)26-13-7-3-6-12-25-24-27-19(16-31-24)22-15-18-8-4-5-9-21(18)32-22;1-18(2)23(19,20)16-8-5-3-4-7-15-14-17-13(11-22-14)12-6-9-21-10-12;;;/h3,5-6,9-13,16-19,28H,4,7-8,14-15H2,1-2H3,(H,27,29);4-5,8-11,14-16,26H,3,6-7,12-13H2,1-2H3,(H,25,27);6,9-11,16H,3-5,7-8H2,1-2H3,(H,15,17);3*1H4. The summed E-state index contributed by atoms with van der Waals surface area (Å²) in [6.45, 7) is 7.24. The Bertz CT molecular complexity index is 4430. The smallest absolute Gasteiger partial charge is 0.278 e. The van der Waals surface area contributed by atoms with Gasteiger partial charge in [0, 0.05) is 103 Å². The molecule has 0 aliphatic carbocycles. The molecule has 0 unspecified atom stereocenters. The van der Waals surface area contributed by atoms with E-state index >= 15 is 0 Å². The molecule has 4 aromatic carbocycles. The lowest BCUT2D eigenvalue weighted by atomic mass is 10.2. The molecule has 0 atom stereocenters. The maximum absolute atomic E-state index is 12.8. The molecule has 0 fully saturated rings. The Labute approximate surface area is 594 Å². The number of unbranched alkanes of at least 4 members (excludes halogenated alkanes) is 6. The molecule has 30 heteroatoms. The van der Waals surface area contributed by atoms with Crippen LogP contribution >= 0.6 is 56.7 Å². The summed E-state index contributed by atoms with van der Waals surface area (Å²) in [7, 11) is -8.21. The van der Waals surface area contributed by atoms with Crippen molar-refractivity contribution in [3.8, 4) is 44.6 Å². The minimum Gasteiger partial charge on any atom is -0.495 e. The normalized spacial score (nSPS) is 11.5. The molecular weight excluding hydrogens is 1410 g/mol. The van der Waals surface area contributed by atoms with Crippen LogP contribution in [0.5, 0.6) is 11.5 Å². The predicted octanol–water partition coefficient (Wildman–Crippen LogP) is 15.4. The van der Waals surface area contributed by atoms with Crippen LogP contribution in [0, 0.1) is 13.8 Å². The Morgan fingerprint density at radius 3 is 1.44 bits per heavy atom. The van der Waals surface area contributed by atoms with E-state index in [9.17, 15) is 33.7 Å². The highest BCUT2D eigenvalue weighted by Gasteiger charge is 2.22. The molecule has 21 nitrogen and oxygen atoms in total. The van der Waals surface area contributed by atoms with Gasteiger partial charge in [0.25, 0.3) is 20.2 Å². The number of methoxy groups -OCH3 is 2. The highest BCUT2D eigenvalue weighted by Crippen LogP contribution is 2.35. The van der Waals surface area contributed by atoms with E-state index in [4.69, 9.17) is 14.5 Å². The van der Waals surface area contributed by atoms with Crippen molar-refractivity contribution in [2.45, 2.75) is 109 Å². The van der Waals surface area contributed by atoms with Gasteiger partial charge in [-0.15, -0.1) is 45.3 Å². The highest BCUT2D eigenvalue weighted by atomic mass is 32.2. The lowest BCUT2D eigenvalue weighted by Gasteiger charge is -2.12. The first-order valence-electron chi connectivity index (χ1n) is 30.2. The van der Waals surface area contributed by atoms with Crippen LogP contribution in [-0.2, 0) is 40.3 Å². The summed E-state index contributed by atoms with van der Waals surface area (Å²) in [6.07, 6.45) is 10.8. The summed E-state index contributed by atoms with van der Waals surface area (Å²) in [4.78, 5) is 15.6. The van der Waals surface area contributed by atoms with E-state index in [1.165, 1.54) is 69.1 Å². The van der Waals surface area contributed by atoms with E-state index < -0.39 is 40.3 Å². The monoisotopic (exact) mass is 1500 g/mol. The number of ether oxygens (including phenoxy) is 2. The Kier molecular flexibility index (Phi) is 32.8. The SMILES string of the molecule is C.C.C.CN(C)S(=O)(=O)NCCCCCNc1nc(-c2ccsc2)cs1.COc1ccc(C)cc1S(=O)(=O)NCCCCCNc1nc(-c2cc3ccccc3s2)cs1.COc1ccc(C)cc1S(=O)(=O)NCCCCCNc1nc(-c2ccn(S(=O)(=O)c3ccccc3)c2)cs1. The van der Waals surface area contributed by atoms with E-state index in [0.717, 1.165) is 108 Å². The molecule has 6 heterocycles. The number of benzene rings is 4. The van der Waals surface area contributed by atoms with Crippen LogP contribution in [0.3, 0.4) is 0 Å². The highest BCUT2D eigenvalue weighted by molar-refractivity contribution is 7.90. The molecule has 528 valence electrons. The van der Waals surface area contributed by atoms with Gasteiger partial charge < -0.3 is 25.4 Å². The van der Waals surface area contributed by atoms with Gasteiger partial charge in [-0.1, -0.05) is 90.1 Å². The maximum atomic E-state index is 12.8. The third kappa shape index (κ3) is 24.1. The fourth-order valence-corrected chi connectivity index (χ4v) is 17.6. The Balaban J connectivity index is 0.000000266. The van der Waals surface area contributed by atoms with Gasteiger partial charge in [-0.3, -0.25) is 0 Å². The number of nitrogens with zero attached hydrogens (tertiary/aromatic N) is 5. The Morgan fingerprint density at radius 2 is 0.959 bits per heavy atom. The van der Waals surface area contributed by atoms with E-state index in [0.29, 0.717) is 55.4 Å². The Morgan fingerprint density at radius 1 is 0.495 bits per heavy atom. The zero-order valence-corrected chi connectivity index (χ0v) is 60.4. The second-order valence-corrected chi connectivity index (χ2v) is 33.3. The quantitative estimate of drug-likeness (QED) is 0.0205. The van der Waals surface area contributed by atoms with Crippen LogP contribution in [-0.4, -0.2) is 124 Å². The molecule has 10 rings (SSSR count). The Hall–Kier alpha value is -6.65. The summed E-state index contributed by atoms with van der Waals surface area (Å²) >= 11 is 8.09. The van der Waals surface area contributed by atoms with Crippen LogP contribution < -0.4 is 39.6 Å². The van der Waals surface area contributed by atoms with Gasteiger partial charge in [-0.2, -0.15) is 24.1 Å². The van der Waals surface area contributed by atoms with E-state index in [1.54, 1.807) is 112 Å². The molecule has 0 spiro atoms. The van der Waals surface area contributed by atoms with E-state index in [1.807, 2.05) is 36.7 Å². The van der Waals surface area contributed by atoms with E-state index in [2.05, 4.69) is 92.6 Å². The minimum atomic E-state index is -3.65. The van der Waals surface area contributed by atoms with Crippen LogP contribution in [0.25, 0.3) is 43.2 Å². The number of rotatable bonds is 34. The average molecular weight is 1500 g/mol. The number of thiazole rings is 3. The van der Waals surface area contributed by atoms with Crippen molar-refractivity contribution < 1.29 is 43.1 Å². The van der Waals surface area contributed by atoms with Crippen molar-refractivity contribution in [1.29, 1.82) is 0 Å². The molecule has 0 aliphatic rings. The number of thiophene rings is 2. The fourth-order valence-electron chi connectivity index (χ4n) is 9.11. The van der Waals surface area contributed by atoms with Crippen LogP contribution in [0.15, 0.2) is 163 Å². The van der Waals surface area contributed by atoms with Crippen molar-refractivity contribution in [3.63, 3.8) is 0 Å². The number of aromatic nitrogens is 4. The van der Waals surface area contributed by atoms with Gasteiger partial charge in [0.15, 0.2) is 15.4 Å². The van der Waals surface area contributed by atoms with Gasteiger partial charge in [-0.25, -0.2) is 58.3 Å². The lowest BCUT2D eigenvalue weighted by Crippen LogP contribution is -2.36. The number of hydrogen-bond acceptors (Lipinski definition) is 21. The van der Waals surface area contributed by atoms with Crippen LogP contribution in [0.4, 0.5) is 15.4 Å². The lowest BCUT2D eigenvalue weighted by molar-refractivity contribution is 0.402. The summed E-state index contributed by atoms with van der Waals surface area (Å²) in [5.41, 5.74) is 6.30. The first-order valence-corrected chi connectivity index (χ1v) is 40.4. The van der Waals surface area contributed by atoms with Gasteiger partial charge >= 0.3 is 0 Å². The molecule has 6 N–H and O–H groups in total. The zero-order chi connectivity index (χ0) is 67.1. The number of hydrogen-bond donors (Lipinski definition) is 6. The first-order chi connectivity index (χ1) is 45.1. The fraction of sp³-hybridized carbons (Fsp3) is 0.358. The van der Waals surface area contributed by atoms with Gasteiger partial charge in [0.2, 0.25) is 20.0 Å². The summed E-state index contributed by atoms with van der Waals surface area (Å²) < 4.78 is 121. The molecule has 0 saturated heterocycles. The van der Waals surface area contributed by atoms with Gasteiger partial charge in [-0.05, 0) is 135 Å². The molecule has 10 aromatic rings. The number of fused-ring (bicyclic) bond motifs is 1. The molecule has 97 heavy (non-hydrogen) atoms. The van der Waals surface area contributed by atoms with Crippen LogP contribution in [0.1, 0.15) is 91.2 Å². The predicted molar refractivity (Wildman–Crippen MR) is 407 cm³/mol. The second-order valence-electron chi connectivity index (χ2n) is 21.6. The first kappa shape index (κ1) is 81.0. The number of anilines is 3. The maximum Gasteiger partial charge on any atom is 0.278 e. The average Bonchev–Trinajstić information content (AvgIpc) is 1.68. The van der Waals surface area contributed by atoms with Crippen molar-refractivity contribution in [3.05, 3.63) is 160 Å². The topological polar surface area (TPSA) is 274 Å². The van der Waals surface area contributed by atoms with Gasteiger partial charge in [0.1, 0.15) is 21.3 Å². The summed E-state index contributed by atoms with van der Waals surface area (Å²) in [6, 6.07) is 32.8. The molecule has 0 radical (unpaired) electrons.